The van der Waals surface area contributed by atoms with Crippen LogP contribution in [0.2, 0.25) is 0 Å². The van der Waals surface area contributed by atoms with Gasteiger partial charge in [0.05, 0.1) is 12.1 Å². The first kappa shape index (κ1) is 25.3. The fourth-order valence-electron chi connectivity index (χ4n) is 4.37. The zero-order chi connectivity index (χ0) is 25.8. The lowest BCUT2D eigenvalue weighted by atomic mass is 10.0. The fourth-order valence-corrected chi connectivity index (χ4v) is 4.37. The highest BCUT2D eigenvalue weighted by Gasteiger charge is 2.25. The third-order valence-electron chi connectivity index (χ3n) is 6.35. The smallest absolute Gasteiger partial charge is 0.267 e. The lowest BCUT2D eigenvalue weighted by molar-refractivity contribution is -0.133. The Morgan fingerprint density at radius 1 is 1.17 bits per heavy atom. The average Bonchev–Trinajstić information content (AvgIpc) is 2.86. The molecule has 3 aromatic rings. The van der Waals surface area contributed by atoms with Gasteiger partial charge in [-0.25, -0.2) is 4.39 Å². The number of rotatable bonds is 8. The maximum atomic E-state index is 13.5. The van der Waals surface area contributed by atoms with Crippen LogP contribution in [0.4, 0.5) is 4.39 Å². The highest BCUT2D eigenvalue weighted by Crippen LogP contribution is 2.26. The van der Waals surface area contributed by atoms with Crippen molar-refractivity contribution in [2.75, 3.05) is 19.7 Å². The Bertz CT molecular complexity index is 1340. The molecule has 4 rings (SSSR count). The van der Waals surface area contributed by atoms with Crippen LogP contribution >= 0.6 is 0 Å². The van der Waals surface area contributed by atoms with Crippen LogP contribution in [0.5, 0.6) is 5.75 Å². The number of aromatic nitrogens is 2. The number of amides is 2. The standard InChI is InChI=1S/C26H29FN4O5/c1-16(15-32)29-25(35)22-24(34)23-20(13-18(14-28-23)12-17-5-7-19(27)8-6-17)31(26(22)36)11-10-30-9-3-2-4-21(30)33/h5-8,13-14,16,32,34H,2-4,9-12,15H2,1H3,(H,29,35). The molecule has 1 fully saturated rings. The molecule has 9 nitrogen and oxygen atoms in total. The Morgan fingerprint density at radius 2 is 1.92 bits per heavy atom. The van der Waals surface area contributed by atoms with Crippen LogP contribution < -0.4 is 10.9 Å². The topological polar surface area (TPSA) is 125 Å². The second kappa shape index (κ2) is 10.9. The van der Waals surface area contributed by atoms with E-state index in [9.17, 15) is 29.0 Å². The van der Waals surface area contributed by atoms with Gasteiger partial charge in [-0.3, -0.25) is 19.4 Å². The molecule has 0 radical (unpaired) electrons. The monoisotopic (exact) mass is 496 g/mol. The lowest BCUT2D eigenvalue weighted by Crippen LogP contribution is -2.41. The minimum Gasteiger partial charge on any atom is -0.505 e. The summed E-state index contributed by atoms with van der Waals surface area (Å²) in [4.78, 5) is 44.7. The number of nitrogens with one attached hydrogen (secondary N) is 1. The molecule has 10 heteroatoms. The summed E-state index contributed by atoms with van der Waals surface area (Å²) in [6.07, 6.45) is 4.13. The van der Waals surface area contributed by atoms with Gasteiger partial charge < -0.3 is 25.0 Å². The third kappa shape index (κ3) is 5.38. The number of carbonyl (C=O) groups is 2. The Balaban J connectivity index is 1.77. The number of aliphatic hydroxyl groups excluding tert-OH is 1. The molecule has 0 saturated carbocycles. The van der Waals surface area contributed by atoms with Crippen LogP contribution in [-0.4, -0.2) is 62.2 Å². The summed E-state index contributed by atoms with van der Waals surface area (Å²) in [6, 6.07) is 7.11. The fraction of sp³-hybridized carbons (Fsp3) is 0.385. The molecule has 0 bridgehead atoms. The number of pyridine rings is 2. The van der Waals surface area contributed by atoms with E-state index in [2.05, 4.69) is 10.3 Å². The van der Waals surface area contributed by atoms with Crippen molar-refractivity contribution in [3.63, 3.8) is 0 Å². The van der Waals surface area contributed by atoms with Gasteiger partial charge in [0, 0.05) is 38.3 Å². The molecule has 2 amide bonds. The molecule has 36 heavy (non-hydrogen) atoms. The number of carbonyl (C=O) groups excluding carboxylic acids is 2. The van der Waals surface area contributed by atoms with Crippen LogP contribution in [0.15, 0.2) is 41.3 Å². The second-order valence-corrected chi connectivity index (χ2v) is 9.09. The normalized spacial score (nSPS) is 14.8. The quantitative estimate of drug-likeness (QED) is 0.438. The first-order chi connectivity index (χ1) is 17.3. The number of benzene rings is 1. The second-order valence-electron chi connectivity index (χ2n) is 9.09. The number of halogens is 1. The van der Waals surface area contributed by atoms with E-state index >= 15 is 0 Å². The van der Waals surface area contributed by atoms with E-state index in [4.69, 9.17) is 0 Å². The first-order valence-corrected chi connectivity index (χ1v) is 12.0. The van der Waals surface area contributed by atoms with Crippen LogP contribution in [0.25, 0.3) is 11.0 Å². The third-order valence-corrected chi connectivity index (χ3v) is 6.35. The van der Waals surface area contributed by atoms with Crippen molar-refractivity contribution in [1.82, 2.24) is 19.8 Å². The van der Waals surface area contributed by atoms with Crippen molar-refractivity contribution in [2.45, 2.75) is 45.2 Å². The van der Waals surface area contributed by atoms with Crippen molar-refractivity contribution < 1.29 is 24.2 Å². The van der Waals surface area contributed by atoms with E-state index in [0.29, 0.717) is 24.9 Å². The zero-order valence-electron chi connectivity index (χ0n) is 20.0. The van der Waals surface area contributed by atoms with E-state index in [1.165, 1.54) is 22.9 Å². The summed E-state index contributed by atoms with van der Waals surface area (Å²) in [6.45, 7) is 2.21. The Hall–Kier alpha value is -3.79. The molecule has 3 heterocycles. The summed E-state index contributed by atoms with van der Waals surface area (Å²) in [5.74, 6) is -1.69. The van der Waals surface area contributed by atoms with Crippen LogP contribution in [0, 0.1) is 5.82 Å². The molecule has 190 valence electrons. The summed E-state index contributed by atoms with van der Waals surface area (Å²) in [5.41, 5.74) is 0.780. The van der Waals surface area contributed by atoms with E-state index in [-0.39, 0.29) is 36.9 Å². The van der Waals surface area contributed by atoms with Crippen LogP contribution in [0.1, 0.15) is 47.7 Å². The number of fused-ring (bicyclic) bond motifs is 1. The summed E-state index contributed by atoms with van der Waals surface area (Å²) in [5, 5.41) is 22.7. The Kier molecular flexibility index (Phi) is 7.64. The Morgan fingerprint density at radius 3 is 2.61 bits per heavy atom. The molecule has 1 atom stereocenters. The highest BCUT2D eigenvalue weighted by molar-refractivity contribution is 6.01. The molecule has 1 aliphatic heterocycles. The van der Waals surface area contributed by atoms with Crippen molar-refractivity contribution in [1.29, 1.82) is 0 Å². The molecule has 1 unspecified atom stereocenters. The number of aliphatic hydroxyl groups is 1. The van der Waals surface area contributed by atoms with Gasteiger partial charge in [-0.15, -0.1) is 0 Å². The molecule has 1 aromatic carbocycles. The average molecular weight is 497 g/mol. The summed E-state index contributed by atoms with van der Waals surface area (Å²) in [7, 11) is 0. The maximum Gasteiger partial charge on any atom is 0.267 e. The SMILES string of the molecule is CC(CO)NC(=O)c1c(O)c2ncc(Cc3ccc(F)cc3)cc2n(CCN2CCCCC2=O)c1=O. The molecule has 1 aliphatic rings. The highest BCUT2D eigenvalue weighted by atomic mass is 19.1. The minimum absolute atomic E-state index is 0.0160. The number of hydrogen-bond donors (Lipinski definition) is 3. The molecule has 0 spiro atoms. The van der Waals surface area contributed by atoms with Crippen molar-refractivity contribution in [3.05, 3.63) is 69.4 Å². The first-order valence-electron chi connectivity index (χ1n) is 12.0. The van der Waals surface area contributed by atoms with Crippen molar-refractivity contribution >= 4 is 22.8 Å². The van der Waals surface area contributed by atoms with Crippen LogP contribution in [0.3, 0.4) is 0 Å². The summed E-state index contributed by atoms with van der Waals surface area (Å²) < 4.78 is 14.7. The maximum absolute atomic E-state index is 13.5. The zero-order valence-corrected chi connectivity index (χ0v) is 20.0. The van der Waals surface area contributed by atoms with Gasteiger partial charge >= 0.3 is 0 Å². The number of aromatic hydroxyl groups is 1. The summed E-state index contributed by atoms with van der Waals surface area (Å²) >= 11 is 0. The number of piperidine rings is 1. The van der Waals surface area contributed by atoms with Gasteiger partial charge in [0.25, 0.3) is 11.5 Å². The van der Waals surface area contributed by atoms with Gasteiger partial charge in [0.15, 0.2) is 5.75 Å². The molecular weight excluding hydrogens is 467 g/mol. The molecular formula is C26H29FN4O5. The Labute approximate surface area is 207 Å². The van der Waals surface area contributed by atoms with Gasteiger partial charge in [-0.05, 0) is 55.5 Å². The van der Waals surface area contributed by atoms with Gasteiger partial charge in [0.1, 0.15) is 16.9 Å². The number of likely N-dealkylation sites (tertiary alicyclic amines) is 1. The van der Waals surface area contributed by atoms with Gasteiger partial charge in [-0.1, -0.05) is 12.1 Å². The molecule has 0 aliphatic carbocycles. The minimum atomic E-state index is -0.819. The predicted octanol–water partition coefficient (Wildman–Crippen LogP) is 1.96. The van der Waals surface area contributed by atoms with Gasteiger partial charge in [-0.2, -0.15) is 0 Å². The van der Waals surface area contributed by atoms with Gasteiger partial charge in [0.2, 0.25) is 5.91 Å². The van der Waals surface area contributed by atoms with Crippen molar-refractivity contribution in [3.8, 4) is 5.75 Å². The van der Waals surface area contributed by atoms with E-state index in [0.717, 1.165) is 24.0 Å². The van der Waals surface area contributed by atoms with E-state index in [1.807, 2.05) is 0 Å². The largest absolute Gasteiger partial charge is 0.505 e. The van der Waals surface area contributed by atoms with E-state index in [1.54, 1.807) is 30.0 Å². The number of nitrogens with zero attached hydrogens (tertiary/aromatic N) is 3. The van der Waals surface area contributed by atoms with Crippen molar-refractivity contribution in [2.24, 2.45) is 0 Å². The molecule has 1 saturated heterocycles. The van der Waals surface area contributed by atoms with Crippen LogP contribution in [-0.2, 0) is 17.8 Å². The molecule has 3 N–H and O–H groups in total. The van der Waals surface area contributed by atoms with E-state index < -0.39 is 28.8 Å². The lowest BCUT2D eigenvalue weighted by Gasteiger charge is -2.27. The molecule has 2 aromatic heterocycles. The predicted molar refractivity (Wildman–Crippen MR) is 131 cm³/mol. The number of hydrogen-bond acceptors (Lipinski definition) is 6.